The Morgan fingerprint density at radius 1 is 1.23 bits per heavy atom. The minimum atomic E-state index is -0.504. The van der Waals surface area contributed by atoms with Gasteiger partial charge in [-0.15, -0.1) is 0 Å². The Morgan fingerprint density at radius 2 is 2.08 bits per heavy atom. The third kappa shape index (κ3) is 2.95. The van der Waals surface area contributed by atoms with E-state index >= 15 is 0 Å². The summed E-state index contributed by atoms with van der Waals surface area (Å²) in [5, 5.41) is 10.2. The van der Waals surface area contributed by atoms with E-state index in [1.807, 2.05) is 41.8 Å². The minimum Gasteiger partial charge on any atom is -0.335 e. The number of hydrogen-bond acceptors (Lipinski definition) is 3. The van der Waals surface area contributed by atoms with Crippen molar-refractivity contribution >= 4 is 22.5 Å². The second kappa shape index (κ2) is 6.44. The van der Waals surface area contributed by atoms with Gasteiger partial charge in [0.25, 0.3) is 0 Å². The van der Waals surface area contributed by atoms with Crippen LogP contribution in [-0.4, -0.2) is 25.7 Å². The molecule has 2 N–H and O–H groups in total. The predicted molar refractivity (Wildman–Crippen MR) is 97.1 cm³/mol. The van der Waals surface area contributed by atoms with Crippen LogP contribution in [0.25, 0.3) is 22.3 Å². The second-order valence-electron chi connectivity index (χ2n) is 6.01. The fraction of sp³-hybridized carbons (Fsp3) is 0.105. The molecule has 0 aliphatic rings. The van der Waals surface area contributed by atoms with E-state index in [2.05, 4.69) is 20.5 Å². The number of carbonyl (C=O) groups is 1. The maximum absolute atomic E-state index is 14.1. The first-order chi connectivity index (χ1) is 12.6. The summed E-state index contributed by atoms with van der Waals surface area (Å²) in [7, 11) is 0. The van der Waals surface area contributed by atoms with Crippen molar-refractivity contribution in [3.8, 4) is 11.4 Å². The van der Waals surface area contributed by atoms with Gasteiger partial charge in [0.2, 0.25) is 5.91 Å². The number of hydrogen-bond donors (Lipinski definition) is 2. The fourth-order valence-electron chi connectivity index (χ4n) is 3.00. The van der Waals surface area contributed by atoms with E-state index in [4.69, 9.17) is 0 Å². The standard InChI is InChI=1S/C19H16FN5O/c1-12-8-13-4-2-3-5-17(13)25(12)10-18(26)23-16-9-14(6-7-15(16)20)19-21-11-22-24-19/h2-9,11H,10H2,1H3,(H,23,26)(H,21,22,24). The number of carbonyl (C=O) groups excluding carboxylic acids is 1. The molecular weight excluding hydrogens is 333 g/mol. The van der Waals surface area contributed by atoms with Crippen LogP contribution in [0.2, 0.25) is 0 Å². The number of aryl methyl sites for hydroxylation is 1. The molecule has 0 bridgehead atoms. The lowest BCUT2D eigenvalue weighted by Gasteiger charge is -2.11. The molecule has 0 atom stereocenters. The number of aromatic amines is 1. The third-order valence-electron chi connectivity index (χ3n) is 4.25. The summed E-state index contributed by atoms with van der Waals surface area (Å²) in [5.41, 5.74) is 2.69. The molecule has 0 saturated heterocycles. The summed E-state index contributed by atoms with van der Waals surface area (Å²) in [6.45, 7) is 2.05. The van der Waals surface area contributed by atoms with Crippen molar-refractivity contribution in [3.63, 3.8) is 0 Å². The molecule has 2 aromatic heterocycles. The number of anilines is 1. The van der Waals surface area contributed by atoms with Gasteiger partial charge in [-0.05, 0) is 42.6 Å². The lowest BCUT2D eigenvalue weighted by Crippen LogP contribution is -2.20. The number of para-hydroxylation sites is 1. The van der Waals surface area contributed by atoms with Gasteiger partial charge in [-0.25, -0.2) is 9.37 Å². The Bertz CT molecular complexity index is 1080. The van der Waals surface area contributed by atoms with Crippen LogP contribution in [0.5, 0.6) is 0 Å². The Hall–Kier alpha value is -3.48. The van der Waals surface area contributed by atoms with Crippen molar-refractivity contribution in [1.82, 2.24) is 19.7 Å². The van der Waals surface area contributed by atoms with Crippen molar-refractivity contribution in [2.45, 2.75) is 13.5 Å². The minimum absolute atomic E-state index is 0.103. The van der Waals surface area contributed by atoms with Crippen LogP contribution in [0.3, 0.4) is 0 Å². The van der Waals surface area contributed by atoms with Crippen LogP contribution in [-0.2, 0) is 11.3 Å². The van der Waals surface area contributed by atoms with Gasteiger partial charge in [0.1, 0.15) is 18.7 Å². The van der Waals surface area contributed by atoms with Gasteiger partial charge in [-0.3, -0.25) is 9.89 Å². The Balaban J connectivity index is 1.58. The molecule has 0 spiro atoms. The number of benzene rings is 2. The topological polar surface area (TPSA) is 75.6 Å². The van der Waals surface area contributed by atoms with Crippen LogP contribution >= 0.6 is 0 Å². The summed E-state index contributed by atoms with van der Waals surface area (Å²) in [6, 6.07) is 14.3. The van der Waals surface area contributed by atoms with E-state index in [0.717, 1.165) is 16.6 Å². The third-order valence-corrected chi connectivity index (χ3v) is 4.25. The predicted octanol–water partition coefficient (Wildman–Crippen LogP) is 3.51. The maximum atomic E-state index is 14.1. The van der Waals surface area contributed by atoms with Gasteiger partial charge in [0, 0.05) is 16.8 Å². The van der Waals surface area contributed by atoms with E-state index in [9.17, 15) is 9.18 Å². The molecule has 2 heterocycles. The molecule has 1 amide bonds. The van der Waals surface area contributed by atoms with Crippen molar-refractivity contribution in [2.75, 3.05) is 5.32 Å². The number of fused-ring (bicyclic) bond motifs is 1. The molecule has 0 unspecified atom stereocenters. The summed E-state index contributed by atoms with van der Waals surface area (Å²) < 4.78 is 16.0. The van der Waals surface area contributed by atoms with E-state index in [1.54, 1.807) is 6.07 Å². The average molecular weight is 349 g/mol. The van der Waals surface area contributed by atoms with E-state index in [-0.39, 0.29) is 18.1 Å². The number of H-pyrrole nitrogens is 1. The lowest BCUT2D eigenvalue weighted by atomic mass is 10.2. The smallest absolute Gasteiger partial charge is 0.244 e. The van der Waals surface area contributed by atoms with Crippen molar-refractivity contribution in [1.29, 1.82) is 0 Å². The molecule has 6 nitrogen and oxygen atoms in total. The monoisotopic (exact) mass is 349 g/mol. The van der Waals surface area contributed by atoms with Crippen molar-refractivity contribution in [3.05, 3.63) is 66.4 Å². The van der Waals surface area contributed by atoms with Crippen molar-refractivity contribution < 1.29 is 9.18 Å². The SMILES string of the molecule is Cc1cc2ccccc2n1CC(=O)Nc1cc(-c2ncn[nH]2)ccc1F. The first-order valence-corrected chi connectivity index (χ1v) is 8.12. The summed E-state index contributed by atoms with van der Waals surface area (Å²) in [5.74, 6) is -0.300. The molecule has 4 aromatic rings. The number of nitrogens with one attached hydrogen (secondary N) is 2. The molecule has 26 heavy (non-hydrogen) atoms. The van der Waals surface area contributed by atoms with Crippen LogP contribution < -0.4 is 5.32 Å². The first-order valence-electron chi connectivity index (χ1n) is 8.12. The highest BCUT2D eigenvalue weighted by atomic mass is 19.1. The highest BCUT2D eigenvalue weighted by Gasteiger charge is 2.13. The molecular formula is C19H16FN5O. The molecule has 0 aliphatic heterocycles. The quantitative estimate of drug-likeness (QED) is 0.592. The lowest BCUT2D eigenvalue weighted by molar-refractivity contribution is -0.116. The number of halogens is 1. The van der Waals surface area contributed by atoms with Gasteiger partial charge in [-0.2, -0.15) is 5.10 Å². The van der Waals surface area contributed by atoms with Gasteiger partial charge in [0.05, 0.1) is 5.69 Å². The normalized spacial score (nSPS) is 11.0. The summed E-state index contributed by atoms with van der Waals surface area (Å²) in [4.78, 5) is 16.5. The number of nitrogens with zero attached hydrogens (tertiary/aromatic N) is 3. The molecule has 4 rings (SSSR count). The van der Waals surface area contributed by atoms with Crippen LogP contribution in [0, 0.1) is 12.7 Å². The zero-order chi connectivity index (χ0) is 18.1. The van der Waals surface area contributed by atoms with Gasteiger partial charge >= 0.3 is 0 Å². The highest BCUT2D eigenvalue weighted by molar-refractivity contribution is 5.93. The van der Waals surface area contributed by atoms with Gasteiger partial charge < -0.3 is 9.88 Å². The first kappa shape index (κ1) is 16.0. The van der Waals surface area contributed by atoms with Gasteiger partial charge in [0.15, 0.2) is 5.82 Å². The molecule has 0 aliphatic carbocycles. The largest absolute Gasteiger partial charge is 0.335 e. The molecule has 0 fully saturated rings. The van der Waals surface area contributed by atoms with Crippen LogP contribution in [0.15, 0.2) is 54.9 Å². The highest BCUT2D eigenvalue weighted by Crippen LogP contribution is 2.23. The van der Waals surface area contributed by atoms with Crippen molar-refractivity contribution in [2.24, 2.45) is 0 Å². The molecule has 7 heteroatoms. The number of rotatable bonds is 4. The molecule has 0 saturated carbocycles. The fourth-order valence-corrected chi connectivity index (χ4v) is 3.00. The maximum Gasteiger partial charge on any atom is 0.244 e. The average Bonchev–Trinajstić information content (AvgIpc) is 3.26. The Kier molecular flexibility index (Phi) is 3.96. The summed E-state index contributed by atoms with van der Waals surface area (Å²) in [6.07, 6.45) is 1.37. The van der Waals surface area contributed by atoms with E-state index in [0.29, 0.717) is 11.4 Å². The molecule has 0 radical (unpaired) electrons. The molecule has 130 valence electrons. The van der Waals surface area contributed by atoms with Crippen LogP contribution in [0.1, 0.15) is 5.69 Å². The number of aromatic nitrogens is 4. The zero-order valence-corrected chi connectivity index (χ0v) is 14.0. The zero-order valence-electron chi connectivity index (χ0n) is 14.0. The van der Waals surface area contributed by atoms with E-state index < -0.39 is 5.82 Å². The van der Waals surface area contributed by atoms with E-state index in [1.165, 1.54) is 18.5 Å². The Morgan fingerprint density at radius 3 is 2.88 bits per heavy atom. The Labute approximate surface area is 148 Å². The van der Waals surface area contributed by atoms with Gasteiger partial charge in [-0.1, -0.05) is 18.2 Å². The second-order valence-corrected chi connectivity index (χ2v) is 6.01. The van der Waals surface area contributed by atoms with Crippen LogP contribution in [0.4, 0.5) is 10.1 Å². The molecule has 2 aromatic carbocycles. The summed E-state index contributed by atoms with van der Waals surface area (Å²) >= 11 is 0. The number of amides is 1.